The molecule has 1 atom stereocenters. The highest BCUT2D eigenvalue weighted by molar-refractivity contribution is 8.00. The fourth-order valence-corrected chi connectivity index (χ4v) is 5.99. The van der Waals surface area contributed by atoms with E-state index < -0.39 is 22.0 Å². The van der Waals surface area contributed by atoms with Crippen molar-refractivity contribution in [3.05, 3.63) is 170 Å². The first-order valence-corrected chi connectivity index (χ1v) is 16.0. The van der Waals surface area contributed by atoms with Crippen LogP contribution in [0.25, 0.3) is 6.08 Å². The molecule has 240 valence electrons. The Morgan fingerprint density at radius 2 is 1.44 bits per heavy atom. The molecule has 0 bridgehead atoms. The van der Waals surface area contributed by atoms with Gasteiger partial charge in [-0.15, -0.1) is 11.8 Å². The van der Waals surface area contributed by atoms with Crippen molar-refractivity contribution in [2.24, 2.45) is 0 Å². The van der Waals surface area contributed by atoms with E-state index in [1.807, 2.05) is 30.3 Å². The maximum Gasteiger partial charge on any atom is 0.276 e. The van der Waals surface area contributed by atoms with E-state index in [1.54, 1.807) is 78.9 Å². The average Bonchev–Trinajstić information content (AvgIpc) is 3.10. The van der Waals surface area contributed by atoms with Gasteiger partial charge < -0.3 is 16.0 Å². The van der Waals surface area contributed by atoms with Crippen molar-refractivity contribution in [3.63, 3.8) is 0 Å². The number of nitro benzene ring substituents is 1. The maximum absolute atomic E-state index is 13.6. The first-order valence-electron chi connectivity index (χ1n) is 14.4. The largest absolute Gasteiger partial charge is 0.323 e. The molecule has 48 heavy (non-hydrogen) atoms. The highest BCUT2D eigenvalue weighted by Crippen LogP contribution is 2.38. The lowest BCUT2D eigenvalue weighted by atomic mass is 10.1. The van der Waals surface area contributed by atoms with Gasteiger partial charge in [0.15, 0.2) is 0 Å². The predicted molar refractivity (Wildman–Crippen MR) is 190 cm³/mol. The van der Waals surface area contributed by atoms with Crippen molar-refractivity contribution < 1.29 is 19.3 Å². The molecule has 5 aromatic rings. The van der Waals surface area contributed by atoms with Crippen LogP contribution in [0.1, 0.15) is 26.7 Å². The number of nitro groups is 1. The number of nitrogens with one attached hydrogen (secondary N) is 3. The summed E-state index contributed by atoms with van der Waals surface area (Å²) in [6, 6.07) is 35.1. The summed E-state index contributed by atoms with van der Waals surface area (Å²) < 4.78 is 0. The van der Waals surface area contributed by atoms with Gasteiger partial charge in [-0.3, -0.25) is 24.5 Å². The molecule has 0 heterocycles. The Morgan fingerprint density at radius 3 is 2.17 bits per heavy atom. The molecule has 0 radical (unpaired) electrons. The molecular formula is C36H26Cl2N4O5S. The molecule has 0 saturated heterocycles. The number of para-hydroxylation sites is 1. The first-order chi connectivity index (χ1) is 23.2. The van der Waals surface area contributed by atoms with Gasteiger partial charge in [-0.25, -0.2) is 0 Å². The lowest BCUT2D eigenvalue weighted by Crippen LogP contribution is -2.30. The monoisotopic (exact) mass is 696 g/mol. The van der Waals surface area contributed by atoms with Crippen molar-refractivity contribution >= 4 is 75.8 Å². The van der Waals surface area contributed by atoms with Gasteiger partial charge in [-0.2, -0.15) is 0 Å². The molecule has 0 aliphatic rings. The van der Waals surface area contributed by atoms with Gasteiger partial charge >= 0.3 is 0 Å². The number of carbonyl (C=O) groups is 3. The van der Waals surface area contributed by atoms with Crippen molar-refractivity contribution in [1.29, 1.82) is 0 Å². The second kappa shape index (κ2) is 15.9. The summed E-state index contributed by atoms with van der Waals surface area (Å²) in [5.41, 5.74) is 1.43. The molecule has 5 aromatic carbocycles. The molecule has 9 nitrogen and oxygen atoms in total. The second-order valence-electron chi connectivity index (χ2n) is 10.2. The second-order valence-corrected chi connectivity index (χ2v) is 12.1. The van der Waals surface area contributed by atoms with Gasteiger partial charge in [0.25, 0.3) is 17.5 Å². The third-order valence-electron chi connectivity index (χ3n) is 6.86. The van der Waals surface area contributed by atoms with Gasteiger partial charge in [-0.05, 0) is 60.2 Å². The van der Waals surface area contributed by atoms with E-state index in [9.17, 15) is 24.5 Å². The number of hydrogen-bond donors (Lipinski definition) is 3. The predicted octanol–water partition coefficient (Wildman–Crippen LogP) is 8.78. The summed E-state index contributed by atoms with van der Waals surface area (Å²) in [5.74, 6) is -1.63. The van der Waals surface area contributed by atoms with Crippen LogP contribution in [0, 0.1) is 10.1 Å². The number of carbonyl (C=O) groups excluding carboxylic acids is 3. The van der Waals surface area contributed by atoms with Crippen molar-refractivity contribution in [3.8, 4) is 0 Å². The smallest absolute Gasteiger partial charge is 0.276 e. The molecule has 0 aliphatic heterocycles. The van der Waals surface area contributed by atoms with Crippen LogP contribution in [0.15, 0.2) is 138 Å². The molecule has 5 rings (SSSR count). The quantitative estimate of drug-likeness (QED) is 0.0548. The Kier molecular flexibility index (Phi) is 11.3. The van der Waals surface area contributed by atoms with E-state index in [0.717, 1.165) is 5.56 Å². The Balaban J connectivity index is 1.41. The van der Waals surface area contributed by atoms with Gasteiger partial charge in [0, 0.05) is 22.2 Å². The number of amides is 3. The Bertz CT molecular complexity index is 2010. The fraction of sp³-hybridized carbons (Fsp3) is 0.0278. The van der Waals surface area contributed by atoms with E-state index in [-0.39, 0.29) is 27.9 Å². The van der Waals surface area contributed by atoms with Crippen LogP contribution in [0.4, 0.5) is 17.1 Å². The third-order valence-corrected chi connectivity index (χ3v) is 8.92. The standard InChI is InChI=1S/C36H26Cl2N4O5S/c37-28-18-10-19-29(32(28)38)40-36(45)33(23-11-3-1-4-12-23)48-27-17-9-16-26(22-27)39-35(44)30(41-34(43)24-13-5-2-6-14-24)21-25-15-7-8-20-31(25)42(46)47/h1-22,33H,(H,39,44)(H,40,45)(H,41,43)/b30-21+. The number of thioether (sulfide) groups is 1. The summed E-state index contributed by atoms with van der Waals surface area (Å²) >= 11 is 13.7. The van der Waals surface area contributed by atoms with Crippen molar-refractivity contribution in [2.75, 3.05) is 10.6 Å². The van der Waals surface area contributed by atoms with Gasteiger partial charge in [-0.1, -0.05) is 96.0 Å². The summed E-state index contributed by atoms with van der Waals surface area (Å²) in [7, 11) is 0. The Hall–Kier alpha value is -5.42. The lowest BCUT2D eigenvalue weighted by molar-refractivity contribution is -0.385. The Morgan fingerprint density at radius 1 is 0.771 bits per heavy atom. The highest BCUT2D eigenvalue weighted by Gasteiger charge is 2.24. The minimum atomic E-state index is -0.716. The van der Waals surface area contributed by atoms with E-state index >= 15 is 0 Å². The molecule has 1 unspecified atom stereocenters. The van der Waals surface area contributed by atoms with E-state index in [2.05, 4.69) is 16.0 Å². The molecule has 0 aliphatic carbocycles. The van der Waals surface area contributed by atoms with E-state index in [1.165, 1.54) is 36.0 Å². The van der Waals surface area contributed by atoms with Gasteiger partial charge in [0.2, 0.25) is 5.91 Å². The van der Waals surface area contributed by atoms with Crippen molar-refractivity contribution in [1.82, 2.24) is 5.32 Å². The number of benzene rings is 5. The van der Waals surface area contributed by atoms with E-state index in [4.69, 9.17) is 23.2 Å². The zero-order chi connectivity index (χ0) is 34.0. The maximum atomic E-state index is 13.6. The van der Waals surface area contributed by atoms with Gasteiger partial charge in [0.1, 0.15) is 10.9 Å². The molecule has 0 fully saturated rings. The first kappa shape index (κ1) is 33.9. The van der Waals surface area contributed by atoms with Crippen LogP contribution in [0.5, 0.6) is 0 Å². The topological polar surface area (TPSA) is 130 Å². The van der Waals surface area contributed by atoms with E-state index in [0.29, 0.717) is 26.9 Å². The summed E-state index contributed by atoms with van der Waals surface area (Å²) in [5, 5.41) is 19.7. The minimum absolute atomic E-state index is 0.127. The van der Waals surface area contributed by atoms with Gasteiger partial charge in [0.05, 0.1) is 26.2 Å². The van der Waals surface area contributed by atoms with Crippen LogP contribution < -0.4 is 16.0 Å². The van der Waals surface area contributed by atoms with Crippen LogP contribution in [0.2, 0.25) is 10.0 Å². The number of anilines is 2. The number of halogens is 2. The number of nitrogens with zero attached hydrogens (tertiary/aromatic N) is 1. The van der Waals surface area contributed by atoms with Crippen LogP contribution in [0.3, 0.4) is 0 Å². The molecule has 3 amide bonds. The van der Waals surface area contributed by atoms with Crippen molar-refractivity contribution in [2.45, 2.75) is 10.1 Å². The Labute approximate surface area is 290 Å². The molecule has 0 spiro atoms. The number of rotatable bonds is 11. The SMILES string of the molecule is O=C(Nc1cccc(SC(C(=O)Nc2cccc(Cl)c2Cl)c2ccccc2)c1)/C(=C\c1ccccc1[N+](=O)[O-])NC(=O)c1ccccc1. The average molecular weight is 698 g/mol. The lowest BCUT2D eigenvalue weighted by Gasteiger charge is -2.18. The summed E-state index contributed by atoms with van der Waals surface area (Å²) in [6.45, 7) is 0. The number of hydrogen-bond acceptors (Lipinski definition) is 6. The zero-order valence-electron chi connectivity index (χ0n) is 24.9. The molecule has 3 N–H and O–H groups in total. The summed E-state index contributed by atoms with van der Waals surface area (Å²) in [6.07, 6.45) is 1.25. The minimum Gasteiger partial charge on any atom is -0.323 e. The van der Waals surface area contributed by atoms with Crippen LogP contribution in [-0.2, 0) is 9.59 Å². The fourth-order valence-electron chi connectivity index (χ4n) is 4.55. The normalized spacial score (nSPS) is 11.7. The zero-order valence-corrected chi connectivity index (χ0v) is 27.3. The molecule has 0 saturated carbocycles. The van der Waals surface area contributed by atoms with Crippen LogP contribution >= 0.6 is 35.0 Å². The highest BCUT2D eigenvalue weighted by atomic mass is 35.5. The third kappa shape index (κ3) is 8.68. The molecule has 12 heteroatoms. The summed E-state index contributed by atoms with van der Waals surface area (Å²) in [4.78, 5) is 52.0. The van der Waals surface area contributed by atoms with Crippen LogP contribution in [-0.4, -0.2) is 22.6 Å². The molecular weight excluding hydrogens is 671 g/mol. The molecule has 0 aromatic heterocycles.